The minimum atomic E-state index is -4.76. The number of rotatable bonds is 8. The van der Waals surface area contributed by atoms with Crippen LogP contribution in [0.25, 0.3) is 0 Å². The molecule has 16 heteroatoms. The monoisotopic (exact) mass is 741 g/mol. The Kier molecular flexibility index (Phi) is 11.2. The second-order valence-electron chi connectivity index (χ2n) is 12.3. The number of alkyl halides is 6. The first-order valence-corrected chi connectivity index (χ1v) is 16.4. The number of ether oxygens (including phenoxy) is 1. The van der Waals surface area contributed by atoms with E-state index < -0.39 is 59.9 Å². The van der Waals surface area contributed by atoms with Crippen LogP contribution in [0, 0.1) is 11.3 Å². The summed E-state index contributed by atoms with van der Waals surface area (Å²) < 4.78 is 86.1. The number of carbonyl (C=O) groups excluding carboxylic acids is 4. The number of benzene rings is 3. The van der Waals surface area contributed by atoms with Crippen molar-refractivity contribution < 1.29 is 50.3 Å². The molecule has 2 heterocycles. The van der Waals surface area contributed by atoms with Gasteiger partial charge in [-0.1, -0.05) is 36.4 Å². The van der Waals surface area contributed by atoms with Crippen LogP contribution in [0.2, 0.25) is 0 Å². The molecule has 1 saturated heterocycles. The zero-order valence-corrected chi connectivity index (χ0v) is 28.5. The van der Waals surface area contributed by atoms with E-state index in [0.717, 1.165) is 40.1 Å². The molecule has 53 heavy (non-hydrogen) atoms. The Hall–Kier alpha value is -5.85. The molecule has 1 atom stereocenters. The lowest BCUT2D eigenvalue weighted by atomic mass is 9.92. The molecule has 3 aromatic carbocycles. The van der Waals surface area contributed by atoms with Crippen molar-refractivity contribution in [3.63, 3.8) is 0 Å². The Balaban J connectivity index is 1.44. The summed E-state index contributed by atoms with van der Waals surface area (Å²) in [7, 11) is 0. The van der Waals surface area contributed by atoms with Crippen molar-refractivity contribution in [1.29, 1.82) is 5.26 Å². The molecule has 2 aliphatic rings. The van der Waals surface area contributed by atoms with E-state index in [0.29, 0.717) is 5.56 Å². The van der Waals surface area contributed by atoms with Crippen LogP contribution in [0.3, 0.4) is 0 Å². The molecule has 10 nitrogen and oxygen atoms in total. The van der Waals surface area contributed by atoms with Gasteiger partial charge in [-0.3, -0.25) is 14.5 Å². The van der Waals surface area contributed by atoms with Crippen molar-refractivity contribution in [3.05, 3.63) is 112 Å². The number of hydrogen-bond acceptors (Lipinski definition) is 6. The summed E-state index contributed by atoms with van der Waals surface area (Å²) in [6.45, 7) is 2.31. The van der Waals surface area contributed by atoms with Crippen LogP contribution in [0.15, 0.2) is 84.1 Å². The van der Waals surface area contributed by atoms with Crippen molar-refractivity contribution in [2.45, 2.75) is 38.7 Å². The normalized spacial score (nSPS) is 16.8. The molecule has 0 aromatic heterocycles. The van der Waals surface area contributed by atoms with E-state index >= 15 is 0 Å². The van der Waals surface area contributed by atoms with Crippen molar-refractivity contribution in [1.82, 2.24) is 14.7 Å². The summed E-state index contributed by atoms with van der Waals surface area (Å²) in [4.78, 5) is 59.6. The van der Waals surface area contributed by atoms with Crippen molar-refractivity contribution in [2.24, 2.45) is 0 Å². The van der Waals surface area contributed by atoms with Crippen LogP contribution in [-0.4, -0.2) is 77.8 Å². The molecule has 3 aromatic rings. The third kappa shape index (κ3) is 8.45. The van der Waals surface area contributed by atoms with Gasteiger partial charge in [0.1, 0.15) is 6.54 Å². The Morgan fingerprint density at radius 1 is 0.830 bits per heavy atom. The van der Waals surface area contributed by atoms with E-state index in [2.05, 4.69) is 0 Å². The molecule has 2 aliphatic heterocycles. The maximum Gasteiger partial charge on any atom is 0.416 e. The minimum absolute atomic E-state index is 0.00761. The van der Waals surface area contributed by atoms with Gasteiger partial charge < -0.3 is 19.4 Å². The van der Waals surface area contributed by atoms with E-state index in [9.17, 15) is 50.8 Å². The fraction of sp³-hybridized carbons (Fsp3) is 0.324. The molecular weight excluding hydrogens is 708 g/mol. The summed E-state index contributed by atoms with van der Waals surface area (Å²) in [6, 6.07) is 14.1. The van der Waals surface area contributed by atoms with Gasteiger partial charge in [-0.2, -0.15) is 31.6 Å². The van der Waals surface area contributed by atoms with Crippen LogP contribution in [0.4, 0.5) is 36.8 Å². The summed E-state index contributed by atoms with van der Waals surface area (Å²) in [5.74, 6) is -1.93. The van der Waals surface area contributed by atoms with Crippen LogP contribution in [-0.2, 0) is 37.9 Å². The number of anilines is 1. The molecule has 278 valence electrons. The fourth-order valence-electron chi connectivity index (χ4n) is 6.29. The zero-order chi connectivity index (χ0) is 38.7. The molecule has 0 N–H and O–H groups in total. The maximum atomic E-state index is 14.4. The van der Waals surface area contributed by atoms with E-state index in [4.69, 9.17) is 4.74 Å². The number of nitrogens with zero attached hydrogens (tertiary/aromatic N) is 5. The maximum absolute atomic E-state index is 14.4. The Bertz CT molecular complexity index is 1960. The van der Waals surface area contributed by atoms with Crippen LogP contribution in [0.5, 0.6) is 0 Å². The first-order valence-electron chi connectivity index (χ1n) is 16.4. The molecule has 0 bridgehead atoms. The van der Waals surface area contributed by atoms with Gasteiger partial charge in [0.15, 0.2) is 0 Å². The van der Waals surface area contributed by atoms with Crippen LogP contribution in [0.1, 0.15) is 47.7 Å². The van der Waals surface area contributed by atoms with E-state index in [-0.39, 0.29) is 67.3 Å². The van der Waals surface area contributed by atoms with Gasteiger partial charge in [0.25, 0.3) is 0 Å². The number of amides is 4. The van der Waals surface area contributed by atoms with Gasteiger partial charge in [-0.05, 0) is 61.4 Å². The number of piperazine rings is 1. The number of hydrogen-bond donors (Lipinski definition) is 0. The standard InChI is InChI=1S/C37H33F6N5O5/c1-3-53-34(51)32-23(2)48(29-9-5-8-28(20-29)37(41,42)43)35(52)47(33(32)26-12-10-24(21-44)11-13-26)22-31(50)46-16-14-45(15-17-46)30(49)19-25-6-4-7-27(18-25)36(38,39)40/h4-13,18,20,33H,3,14-17,19,22H2,1-2H3. The molecule has 0 aliphatic carbocycles. The molecule has 5 rings (SSSR count). The molecule has 1 unspecified atom stereocenters. The number of allylic oxidation sites excluding steroid dienone is 1. The number of carbonyl (C=O) groups is 4. The molecular formula is C37H33F6N5O5. The number of esters is 1. The number of nitriles is 1. The molecule has 0 saturated carbocycles. The third-order valence-corrected chi connectivity index (χ3v) is 8.93. The average Bonchev–Trinajstić information content (AvgIpc) is 3.12. The lowest BCUT2D eigenvalue weighted by Gasteiger charge is -2.43. The minimum Gasteiger partial charge on any atom is -0.463 e. The third-order valence-electron chi connectivity index (χ3n) is 8.93. The second kappa shape index (κ2) is 15.4. The topological polar surface area (TPSA) is 114 Å². The van der Waals surface area contributed by atoms with Crippen molar-refractivity contribution >= 4 is 29.5 Å². The fourth-order valence-corrected chi connectivity index (χ4v) is 6.29. The molecule has 1 fully saturated rings. The predicted octanol–water partition coefficient (Wildman–Crippen LogP) is 6.33. The van der Waals surface area contributed by atoms with E-state index in [1.807, 2.05) is 6.07 Å². The molecule has 4 amide bonds. The lowest BCUT2D eigenvalue weighted by Crippen LogP contribution is -2.56. The summed E-state index contributed by atoms with van der Waals surface area (Å²) in [6.07, 6.45) is -9.62. The summed E-state index contributed by atoms with van der Waals surface area (Å²) in [5.41, 5.74) is -1.54. The largest absolute Gasteiger partial charge is 0.463 e. The first-order chi connectivity index (χ1) is 25.0. The predicted molar refractivity (Wildman–Crippen MR) is 178 cm³/mol. The number of urea groups is 1. The quantitative estimate of drug-likeness (QED) is 0.197. The van der Waals surface area contributed by atoms with Crippen molar-refractivity contribution in [3.8, 4) is 6.07 Å². The molecule has 0 spiro atoms. The van der Waals surface area contributed by atoms with Gasteiger partial charge in [0.2, 0.25) is 11.8 Å². The van der Waals surface area contributed by atoms with Gasteiger partial charge in [0.05, 0.1) is 53.1 Å². The zero-order valence-electron chi connectivity index (χ0n) is 28.5. The van der Waals surface area contributed by atoms with Gasteiger partial charge in [-0.25, -0.2) is 9.59 Å². The average molecular weight is 742 g/mol. The van der Waals surface area contributed by atoms with Crippen molar-refractivity contribution in [2.75, 3.05) is 44.2 Å². The van der Waals surface area contributed by atoms with E-state index in [1.165, 1.54) is 59.2 Å². The van der Waals surface area contributed by atoms with Gasteiger partial charge in [-0.15, -0.1) is 0 Å². The lowest BCUT2D eigenvalue weighted by molar-refractivity contribution is -0.141. The Labute approximate surface area is 300 Å². The van der Waals surface area contributed by atoms with Gasteiger partial charge >= 0.3 is 24.4 Å². The summed E-state index contributed by atoms with van der Waals surface area (Å²) >= 11 is 0. The smallest absolute Gasteiger partial charge is 0.416 e. The highest BCUT2D eigenvalue weighted by molar-refractivity contribution is 6.04. The van der Waals surface area contributed by atoms with Crippen LogP contribution >= 0.6 is 0 Å². The first kappa shape index (κ1) is 38.4. The highest BCUT2D eigenvalue weighted by atomic mass is 19.4. The Morgan fingerprint density at radius 2 is 1.40 bits per heavy atom. The highest BCUT2D eigenvalue weighted by Gasteiger charge is 2.45. The Morgan fingerprint density at radius 3 is 1.96 bits per heavy atom. The van der Waals surface area contributed by atoms with Gasteiger partial charge in [0, 0.05) is 31.9 Å². The van der Waals surface area contributed by atoms with E-state index in [1.54, 1.807) is 6.92 Å². The van der Waals surface area contributed by atoms with Crippen LogP contribution < -0.4 is 4.90 Å². The SMILES string of the molecule is CCOC(=O)C1=C(C)N(c2cccc(C(F)(F)F)c2)C(=O)N(CC(=O)N2CCN(C(=O)Cc3cccc(C(F)(F)F)c3)CC2)C1c1ccc(C#N)cc1. The number of halogens is 6. The summed E-state index contributed by atoms with van der Waals surface area (Å²) in [5, 5.41) is 9.36. The second-order valence-corrected chi connectivity index (χ2v) is 12.3. The molecule has 0 radical (unpaired) electrons. The highest BCUT2D eigenvalue weighted by Crippen LogP contribution is 2.41.